The number of rotatable bonds is 3. The van der Waals surface area contributed by atoms with Gasteiger partial charge in [0.25, 0.3) is 5.91 Å². The molecule has 1 saturated heterocycles. The quantitative estimate of drug-likeness (QED) is 0.839. The maximum Gasteiger partial charge on any atom is 0.255 e. The summed E-state index contributed by atoms with van der Waals surface area (Å²) in [5.41, 5.74) is 0.543. The Kier molecular flexibility index (Phi) is 4.55. The first-order valence-electron chi connectivity index (χ1n) is 6.00. The van der Waals surface area contributed by atoms with Crippen molar-refractivity contribution in [3.63, 3.8) is 0 Å². The fraction of sp³-hybridized carbons (Fsp3) is 0.462. The largest absolute Gasteiger partial charge is 0.396 e. The van der Waals surface area contributed by atoms with Crippen LogP contribution in [0.5, 0.6) is 0 Å². The van der Waals surface area contributed by atoms with Gasteiger partial charge in [-0.3, -0.25) is 4.79 Å². The normalized spacial score (nSPS) is 19.3. The van der Waals surface area contributed by atoms with Crippen molar-refractivity contribution >= 4 is 28.5 Å². The Morgan fingerprint density at radius 2 is 2.33 bits per heavy atom. The van der Waals surface area contributed by atoms with Gasteiger partial charge >= 0.3 is 0 Å². The lowest BCUT2D eigenvalue weighted by Crippen LogP contribution is -2.36. The van der Waals surface area contributed by atoms with Crippen LogP contribution in [0.15, 0.2) is 18.2 Å². The van der Waals surface area contributed by atoms with Crippen LogP contribution in [0.4, 0.5) is 4.39 Å². The van der Waals surface area contributed by atoms with E-state index in [1.807, 2.05) is 22.6 Å². The molecule has 0 spiro atoms. The van der Waals surface area contributed by atoms with Crippen LogP contribution >= 0.6 is 22.6 Å². The lowest BCUT2D eigenvalue weighted by atomic mass is 10.1. The minimum absolute atomic E-state index is 0.0599. The van der Waals surface area contributed by atoms with E-state index in [1.165, 1.54) is 18.2 Å². The highest BCUT2D eigenvalue weighted by Gasteiger charge is 2.29. The summed E-state index contributed by atoms with van der Waals surface area (Å²) in [5.74, 6) is -0.389. The molecule has 1 atom stereocenters. The van der Waals surface area contributed by atoms with E-state index >= 15 is 0 Å². The van der Waals surface area contributed by atoms with Crippen LogP contribution in [0.2, 0.25) is 0 Å². The molecule has 98 valence electrons. The van der Waals surface area contributed by atoms with Crippen LogP contribution in [0.1, 0.15) is 29.6 Å². The zero-order valence-electron chi connectivity index (χ0n) is 9.90. The van der Waals surface area contributed by atoms with E-state index in [0.717, 1.165) is 19.4 Å². The number of nitrogens with zero attached hydrogens (tertiary/aromatic N) is 1. The summed E-state index contributed by atoms with van der Waals surface area (Å²) >= 11 is 1.98. The van der Waals surface area contributed by atoms with Crippen LogP contribution in [0.3, 0.4) is 0 Å². The standard InChI is InChI=1S/C13H15FINO2/c14-9-3-4-11(12(15)8-9)13(18)16-6-1-2-10(16)5-7-17/h3-4,8,10,17H,1-2,5-7H2. The van der Waals surface area contributed by atoms with Crippen molar-refractivity contribution in [1.82, 2.24) is 4.90 Å². The summed E-state index contributed by atoms with van der Waals surface area (Å²) in [6.07, 6.45) is 2.52. The molecule has 0 aromatic heterocycles. The molecule has 1 aromatic carbocycles. The third kappa shape index (κ3) is 2.83. The van der Waals surface area contributed by atoms with Crippen molar-refractivity contribution in [1.29, 1.82) is 0 Å². The number of aliphatic hydroxyl groups excluding tert-OH is 1. The number of benzene rings is 1. The van der Waals surface area contributed by atoms with Gasteiger partial charge in [-0.25, -0.2) is 4.39 Å². The van der Waals surface area contributed by atoms with Crippen LogP contribution in [-0.2, 0) is 0 Å². The van der Waals surface area contributed by atoms with Crippen LogP contribution in [0, 0.1) is 9.39 Å². The molecule has 3 nitrogen and oxygen atoms in total. The number of likely N-dealkylation sites (tertiary alicyclic amines) is 1. The van der Waals surface area contributed by atoms with E-state index in [4.69, 9.17) is 5.11 Å². The summed E-state index contributed by atoms with van der Waals surface area (Å²) in [4.78, 5) is 14.2. The van der Waals surface area contributed by atoms with Crippen molar-refractivity contribution in [3.8, 4) is 0 Å². The minimum atomic E-state index is -0.329. The average molecular weight is 363 g/mol. The van der Waals surface area contributed by atoms with E-state index in [1.54, 1.807) is 4.90 Å². The lowest BCUT2D eigenvalue weighted by molar-refractivity contribution is 0.0715. The molecule has 5 heteroatoms. The van der Waals surface area contributed by atoms with E-state index in [-0.39, 0.29) is 24.4 Å². The second kappa shape index (κ2) is 5.97. The van der Waals surface area contributed by atoms with E-state index in [0.29, 0.717) is 15.6 Å². The highest BCUT2D eigenvalue weighted by Crippen LogP contribution is 2.24. The van der Waals surface area contributed by atoms with Crippen molar-refractivity contribution in [2.75, 3.05) is 13.2 Å². The molecule has 0 saturated carbocycles. The van der Waals surface area contributed by atoms with Gasteiger partial charge < -0.3 is 10.0 Å². The Labute approximate surface area is 119 Å². The second-order valence-corrected chi connectivity index (χ2v) is 5.59. The van der Waals surface area contributed by atoms with Gasteiger partial charge in [-0.2, -0.15) is 0 Å². The molecule has 1 unspecified atom stereocenters. The molecule has 1 heterocycles. The zero-order valence-corrected chi connectivity index (χ0v) is 12.1. The Bertz CT molecular complexity index is 453. The van der Waals surface area contributed by atoms with Gasteiger partial charge in [-0.05, 0) is 60.1 Å². The monoisotopic (exact) mass is 363 g/mol. The molecule has 1 amide bonds. The number of halogens is 2. The maximum atomic E-state index is 13.0. The Balaban J connectivity index is 2.20. The van der Waals surface area contributed by atoms with Crippen molar-refractivity contribution in [2.24, 2.45) is 0 Å². The van der Waals surface area contributed by atoms with Gasteiger partial charge in [0.2, 0.25) is 0 Å². The molecule has 0 radical (unpaired) electrons. The van der Waals surface area contributed by atoms with E-state index in [9.17, 15) is 9.18 Å². The van der Waals surface area contributed by atoms with Gasteiger partial charge in [-0.1, -0.05) is 0 Å². The maximum absolute atomic E-state index is 13.0. The van der Waals surface area contributed by atoms with Gasteiger partial charge in [0.15, 0.2) is 0 Å². The van der Waals surface area contributed by atoms with Gasteiger partial charge in [0.05, 0.1) is 5.56 Å². The second-order valence-electron chi connectivity index (χ2n) is 4.43. The molecule has 1 N–H and O–H groups in total. The summed E-state index contributed by atoms with van der Waals surface area (Å²) in [6.45, 7) is 0.811. The fourth-order valence-corrected chi connectivity index (χ4v) is 3.08. The van der Waals surface area contributed by atoms with Crippen molar-refractivity contribution in [3.05, 3.63) is 33.1 Å². The Morgan fingerprint density at radius 1 is 1.56 bits per heavy atom. The number of hydrogen-bond donors (Lipinski definition) is 1. The molecule has 18 heavy (non-hydrogen) atoms. The molecule has 1 aliphatic rings. The predicted molar refractivity (Wildman–Crippen MR) is 74.9 cm³/mol. The predicted octanol–water partition coefficient (Wildman–Crippen LogP) is 2.42. The highest BCUT2D eigenvalue weighted by molar-refractivity contribution is 14.1. The van der Waals surface area contributed by atoms with Gasteiger partial charge in [-0.15, -0.1) is 0 Å². The van der Waals surface area contributed by atoms with Gasteiger partial charge in [0.1, 0.15) is 5.82 Å². The summed E-state index contributed by atoms with van der Waals surface area (Å²) in [5, 5.41) is 9.00. The average Bonchev–Trinajstić information content (AvgIpc) is 2.77. The SMILES string of the molecule is O=C(c1ccc(F)cc1I)N1CCCC1CCO. The molecular formula is C13H15FINO2. The topological polar surface area (TPSA) is 40.5 Å². The number of amides is 1. The van der Waals surface area contributed by atoms with Crippen LogP contribution < -0.4 is 0 Å². The van der Waals surface area contributed by atoms with Crippen molar-refractivity contribution in [2.45, 2.75) is 25.3 Å². The Hall–Kier alpha value is -0.690. The van der Waals surface area contributed by atoms with Gasteiger partial charge in [0, 0.05) is 22.8 Å². The van der Waals surface area contributed by atoms with E-state index in [2.05, 4.69) is 0 Å². The minimum Gasteiger partial charge on any atom is -0.396 e. The number of carbonyl (C=O) groups is 1. The molecule has 1 fully saturated rings. The third-order valence-electron chi connectivity index (χ3n) is 3.26. The van der Waals surface area contributed by atoms with Crippen LogP contribution in [-0.4, -0.2) is 35.1 Å². The first-order valence-corrected chi connectivity index (χ1v) is 7.08. The fourth-order valence-electron chi connectivity index (χ4n) is 2.37. The van der Waals surface area contributed by atoms with E-state index < -0.39 is 0 Å². The first-order chi connectivity index (χ1) is 8.63. The van der Waals surface area contributed by atoms with Crippen molar-refractivity contribution < 1.29 is 14.3 Å². The highest BCUT2D eigenvalue weighted by atomic mass is 127. The number of hydrogen-bond acceptors (Lipinski definition) is 2. The molecular weight excluding hydrogens is 348 g/mol. The Morgan fingerprint density at radius 3 is 3.00 bits per heavy atom. The van der Waals surface area contributed by atoms with Crippen LogP contribution in [0.25, 0.3) is 0 Å². The summed E-state index contributed by atoms with van der Waals surface area (Å²) in [7, 11) is 0. The molecule has 1 aromatic rings. The third-order valence-corrected chi connectivity index (χ3v) is 4.15. The molecule has 0 aliphatic carbocycles. The molecule has 0 bridgehead atoms. The zero-order chi connectivity index (χ0) is 13.1. The smallest absolute Gasteiger partial charge is 0.255 e. The lowest BCUT2D eigenvalue weighted by Gasteiger charge is -2.24. The first kappa shape index (κ1) is 13.7. The number of aliphatic hydroxyl groups is 1. The molecule has 2 rings (SSSR count). The molecule has 1 aliphatic heterocycles. The summed E-state index contributed by atoms with van der Waals surface area (Å²) < 4.78 is 13.7. The number of carbonyl (C=O) groups excluding carboxylic acids is 1. The summed E-state index contributed by atoms with van der Waals surface area (Å²) in [6, 6.07) is 4.33.